The van der Waals surface area contributed by atoms with Crippen LogP contribution in [0.3, 0.4) is 0 Å². The Labute approximate surface area is 125 Å². The van der Waals surface area contributed by atoms with Crippen molar-refractivity contribution in [3.05, 3.63) is 58.6 Å². The number of nitrogen functional groups attached to an aromatic ring is 1. The molecule has 3 rings (SSSR count). The molecule has 0 amide bonds. The fourth-order valence-electron chi connectivity index (χ4n) is 2.19. The Hall–Kier alpha value is -3.02. The van der Waals surface area contributed by atoms with Crippen LogP contribution in [0.4, 0.5) is 5.69 Å². The number of fused-ring (bicyclic) bond motifs is 1. The lowest BCUT2D eigenvalue weighted by atomic mass is 10.2. The van der Waals surface area contributed by atoms with Crippen LogP contribution in [0.1, 0.15) is 10.4 Å². The zero-order valence-corrected chi connectivity index (χ0v) is 11.9. The lowest BCUT2D eigenvalue weighted by Crippen LogP contribution is -2.27. The number of aryl methyl sites for hydroxylation is 1. The summed E-state index contributed by atoms with van der Waals surface area (Å²) in [6, 6.07) is 12.0. The average molecular weight is 298 g/mol. The summed E-state index contributed by atoms with van der Waals surface area (Å²) in [5, 5.41) is 0. The minimum Gasteiger partial charge on any atom is -0.484 e. The number of benzene rings is 2. The first-order chi connectivity index (χ1) is 10.5. The molecule has 112 valence electrons. The minimum atomic E-state index is -0.751. The molecule has 0 radical (unpaired) electrons. The Bertz CT molecular complexity index is 908. The topological polar surface area (TPSA) is 87.5 Å². The third kappa shape index (κ3) is 2.58. The molecule has 0 aliphatic carbocycles. The second kappa shape index (κ2) is 5.40. The number of oxazole rings is 1. The molecule has 0 saturated carbocycles. The predicted molar refractivity (Wildman–Crippen MR) is 82.2 cm³/mol. The fraction of sp³-hybridized carbons (Fsp3) is 0.125. The van der Waals surface area contributed by atoms with E-state index in [1.54, 1.807) is 18.2 Å². The first kappa shape index (κ1) is 13.9. The number of ether oxygens (including phenoxy) is 1. The quantitative estimate of drug-likeness (QED) is 0.749. The molecule has 1 aromatic heterocycles. The first-order valence-corrected chi connectivity index (χ1v) is 6.68. The molecule has 1 heterocycles. The zero-order valence-electron chi connectivity index (χ0n) is 11.9. The van der Waals surface area contributed by atoms with E-state index in [1.165, 1.54) is 6.07 Å². The summed E-state index contributed by atoms with van der Waals surface area (Å²) in [6.07, 6.45) is 0. The Kier molecular flexibility index (Phi) is 3.42. The summed E-state index contributed by atoms with van der Waals surface area (Å²) in [7, 11) is 0. The van der Waals surface area contributed by atoms with Crippen molar-refractivity contribution >= 4 is 22.7 Å². The number of anilines is 1. The van der Waals surface area contributed by atoms with Crippen molar-refractivity contribution < 1.29 is 13.9 Å². The molecule has 2 N–H and O–H groups in total. The van der Waals surface area contributed by atoms with Crippen LogP contribution in [-0.2, 0) is 0 Å². The number of rotatable bonds is 3. The summed E-state index contributed by atoms with van der Waals surface area (Å²) in [6.45, 7) is 1.66. The van der Waals surface area contributed by atoms with Gasteiger partial charge in [-0.25, -0.2) is 9.36 Å². The second-order valence-electron chi connectivity index (χ2n) is 4.93. The standard InChI is InChI=1S/C16H14N2O4/c1-10-3-2-4-12(7-10)21-9-15(19)18-13-6-5-11(17)8-14(13)22-16(18)20/h2-8H,9,17H2,1H3. The lowest BCUT2D eigenvalue weighted by Gasteiger charge is -2.06. The molecule has 0 atom stereocenters. The van der Waals surface area contributed by atoms with Crippen LogP contribution in [0, 0.1) is 6.92 Å². The summed E-state index contributed by atoms with van der Waals surface area (Å²) >= 11 is 0. The van der Waals surface area contributed by atoms with Crippen molar-refractivity contribution in [2.24, 2.45) is 0 Å². The van der Waals surface area contributed by atoms with E-state index >= 15 is 0 Å². The van der Waals surface area contributed by atoms with Crippen LogP contribution in [0.25, 0.3) is 11.1 Å². The molecule has 2 aromatic carbocycles. The molecule has 0 aliphatic rings. The van der Waals surface area contributed by atoms with Gasteiger partial charge in [-0.2, -0.15) is 0 Å². The molecular weight excluding hydrogens is 284 g/mol. The highest BCUT2D eigenvalue weighted by Crippen LogP contribution is 2.17. The molecule has 0 unspecified atom stereocenters. The van der Waals surface area contributed by atoms with Crippen molar-refractivity contribution in [1.82, 2.24) is 4.57 Å². The average Bonchev–Trinajstić information content (AvgIpc) is 2.80. The smallest absolute Gasteiger partial charge is 0.426 e. The molecule has 22 heavy (non-hydrogen) atoms. The van der Waals surface area contributed by atoms with E-state index < -0.39 is 11.7 Å². The van der Waals surface area contributed by atoms with Crippen LogP contribution in [0.5, 0.6) is 5.75 Å². The van der Waals surface area contributed by atoms with E-state index in [2.05, 4.69) is 0 Å². The normalized spacial score (nSPS) is 10.8. The summed E-state index contributed by atoms with van der Waals surface area (Å²) in [5.41, 5.74) is 7.75. The maximum absolute atomic E-state index is 12.2. The summed E-state index contributed by atoms with van der Waals surface area (Å²) < 4.78 is 11.4. The van der Waals surface area contributed by atoms with Gasteiger partial charge in [0.2, 0.25) is 0 Å². The monoisotopic (exact) mass is 298 g/mol. The second-order valence-corrected chi connectivity index (χ2v) is 4.93. The van der Waals surface area contributed by atoms with Gasteiger partial charge in [0.25, 0.3) is 5.91 Å². The third-order valence-corrected chi connectivity index (χ3v) is 3.21. The molecule has 6 nitrogen and oxygen atoms in total. The van der Waals surface area contributed by atoms with Crippen LogP contribution in [-0.4, -0.2) is 17.1 Å². The molecule has 3 aromatic rings. The van der Waals surface area contributed by atoms with Crippen molar-refractivity contribution in [2.45, 2.75) is 6.92 Å². The van der Waals surface area contributed by atoms with Gasteiger partial charge in [0, 0.05) is 11.8 Å². The maximum Gasteiger partial charge on any atom is 0.426 e. The van der Waals surface area contributed by atoms with Crippen molar-refractivity contribution in [3.63, 3.8) is 0 Å². The molecule has 0 bridgehead atoms. The highest BCUT2D eigenvalue weighted by Gasteiger charge is 2.16. The number of nitrogens with two attached hydrogens (primary N) is 1. The van der Waals surface area contributed by atoms with Crippen molar-refractivity contribution in [3.8, 4) is 5.75 Å². The summed E-state index contributed by atoms with van der Waals surface area (Å²) in [5.74, 6) is -0.688. The molecular formula is C16H14N2O4. The summed E-state index contributed by atoms with van der Waals surface area (Å²) in [4.78, 5) is 24.1. The number of carbonyl (C=O) groups is 1. The number of carbonyl (C=O) groups excluding carboxylic acids is 1. The van der Waals surface area contributed by atoms with E-state index in [0.717, 1.165) is 10.1 Å². The van der Waals surface area contributed by atoms with Gasteiger partial charge >= 0.3 is 5.76 Å². The Morgan fingerprint density at radius 1 is 1.27 bits per heavy atom. The van der Waals surface area contributed by atoms with Gasteiger partial charge in [0.05, 0.1) is 5.52 Å². The number of aromatic nitrogens is 1. The maximum atomic E-state index is 12.2. The van der Waals surface area contributed by atoms with E-state index in [4.69, 9.17) is 14.9 Å². The number of hydrogen-bond donors (Lipinski definition) is 1. The molecule has 6 heteroatoms. The van der Waals surface area contributed by atoms with Crippen molar-refractivity contribution in [2.75, 3.05) is 12.3 Å². The van der Waals surface area contributed by atoms with E-state index in [1.807, 2.05) is 25.1 Å². The number of hydrogen-bond acceptors (Lipinski definition) is 5. The largest absolute Gasteiger partial charge is 0.484 e. The van der Waals surface area contributed by atoms with Crippen molar-refractivity contribution in [1.29, 1.82) is 0 Å². The molecule has 0 aliphatic heterocycles. The first-order valence-electron chi connectivity index (χ1n) is 6.68. The Balaban J connectivity index is 1.86. The van der Waals surface area contributed by atoms with Gasteiger partial charge in [-0.05, 0) is 36.8 Å². The van der Waals surface area contributed by atoms with Crippen LogP contribution in [0.15, 0.2) is 51.7 Å². The molecule has 0 saturated heterocycles. The van der Waals surface area contributed by atoms with Gasteiger partial charge in [0.15, 0.2) is 12.2 Å². The van der Waals surface area contributed by atoms with Crippen LogP contribution in [0.2, 0.25) is 0 Å². The lowest BCUT2D eigenvalue weighted by molar-refractivity contribution is 0.0834. The molecule has 0 fully saturated rings. The Morgan fingerprint density at radius 3 is 2.86 bits per heavy atom. The minimum absolute atomic E-state index is 0.262. The molecule has 0 spiro atoms. The van der Waals surface area contributed by atoms with E-state index in [0.29, 0.717) is 17.0 Å². The Morgan fingerprint density at radius 2 is 2.09 bits per heavy atom. The predicted octanol–water partition coefficient (Wildman–Crippen LogP) is 2.20. The number of nitrogens with zero attached hydrogens (tertiary/aromatic N) is 1. The zero-order chi connectivity index (χ0) is 15.7. The van der Waals surface area contributed by atoms with Gasteiger partial charge in [-0.3, -0.25) is 4.79 Å². The van der Waals surface area contributed by atoms with Crippen LogP contribution >= 0.6 is 0 Å². The highest BCUT2D eigenvalue weighted by molar-refractivity contribution is 5.90. The van der Waals surface area contributed by atoms with Gasteiger partial charge < -0.3 is 14.9 Å². The van der Waals surface area contributed by atoms with E-state index in [9.17, 15) is 9.59 Å². The van der Waals surface area contributed by atoms with Gasteiger partial charge in [-0.15, -0.1) is 0 Å². The fourth-order valence-corrected chi connectivity index (χ4v) is 2.19. The van der Waals surface area contributed by atoms with Gasteiger partial charge in [-0.1, -0.05) is 12.1 Å². The third-order valence-electron chi connectivity index (χ3n) is 3.21. The van der Waals surface area contributed by atoms with E-state index in [-0.39, 0.29) is 12.2 Å². The van der Waals surface area contributed by atoms with Crippen LogP contribution < -0.4 is 16.2 Å². The SMILES string of the molecule is Cc1cccc(OCC(=O)n2c(=O)oc3cc(N)ccc32)c1. The van der Waals surface area contributed by atoms with Gasteiger partial charge in [0.1, 0.15) is 5.75 Å². The highest BCUT2D eigenvalue weighted by atomic mass is 16.5.